The molecule has 0 atom stereocenters. The summed E-state index contributed by atoms with van der Waals surface area (Å²) in [5.41, 5.74) is 4.34. The van der Waals surface area contributed by atoms with Crippen LogP contribution in [0.4, 0.5) is 4.39 Å². The van der Waals surface area contributed by atoms with Crippen LogP contribution in [0.1, 0.15) is 23.9 Å². The van der Waals surface area contributed by atoms with Crippen molar-refractivity contribution in [3.8, 4) is 5.69 Å². The van der Waals surface area contributed by atoms with Gasteiger partial charge in [-0.25, -0.2) is 14.2 Å². The van der Waals surface area contributed by atoms with Crippen molar-refractivity contribution in [2.24, 2.45) is 4.99 Å². The number of carbonyl (C=O) groups is 1. The first-order valence-corrected chi connectivity index (χ1v) is 8.07. The fourth-order valence-corrected chi connectivity index (χ4v) is 3.10. The number of esters is 1. The standard InChI is InChI=1S/C20H19FN2O3/c1-11-9-14(13(3)23(11)16-7-5-15(21)6-8-16)10-17-19(24)18(12(2)22-17)20(25)26-4/h5-10,24H,1-4H3. The summed E-state index contributed by atoms with van der Waals surface area (Å²) in [6, 6.07) is 8.18. The number of aryl methyl sites for hydroxylation is 1. The zero-order chi connectivity index (χ0) is 19.0. The Kier molecular flexibility index (Phi) is 4.50. The third-order valence-corrected chi connectivity index (χ3v) is 4.37. The van der Waals surface area contributed by atoms with Gasteiger partial charge in [0.2, 0.25) is 0 Å². The van der Waals surface area contributed by atoms with Crippen molar-refractivity contribution in [2.45, 2.75) is 20.8 Å². The van der Waals surface area contributed by atoms with Crippen LogP contribution < -0.4 is 0 Å². The SMILES string of the molecule is COC(=O)C1=C(O)C(=Cc2cc(C)n(-c3ccc(F)cc3)c2C)N=C1C. The van der Waals surface area contributed by atoms with Crippen molar-refractivity contribution in [1.82, 2.24) is 4.57 Å². The van der Waals surface area contributed by atoms with Gasteiger partial charge < -0.3 is 14.4 Å². The summed E-state index contributed by atoms with van der Waals surface area (Å²) in [6.45, 7) is 5.51. The molecule has 0 radical (unpaired) electrons. The van der Waals surface area contributed by atoms with E-state index in [1.165, 1.54) is 19.2 Å². The molecule has 134 valence electrons. The number of halogens is 1. The highest BCUT2D eigenvalue weighted by atomic mass is 19.1. The summed E-state index contributed by atoms with van der Waals surface area (Å²) in [7, 11) is 1.26. The van der Waals surface area contributed by atoms with E-state index in [2.05, 4.69) is 9.73 Å². The molecule has 1 aliphatic rings. The van der Waals surface area contributed by atoms with Crippen LogP contribution in [0.2, 0.25) is 0 Å². The Labute approximate surface area is 150 Å². The van der Waals surface area contributed by atoms with Gasteiger partial charge in [0, 0.05) is 17.1 Å². The molecule has 6 heteroatoms. The fourth-order valence-electron chi connectivity index (χ4n) is 3.10. The molecule has 1 N–H and O–H groups in total. The van der Waals surface area contributed by atoms with Crippen LogP contribution in [0.15, 0.2) is 52.4 Å². The Hall–Kier alpha value is -3.15. The number of aromatic nitrogens is 1. The Morgan fingerprint density at radius 3 is 2.50 bits per heavy atom. The highest BCUT2D eigenvalue weighted by Crippen LogP contribution is 2.29. The largest absolute Gasteiger partial charge is 0.505 e. The number of rotatable bonds is 3. The summed E-state index contributed by atoms with van der Waals surface area (Å²) in [5.74, 6) is -1.11. The molecule has 2 heterocycles. The van der Waals surface area contributed by atoms with Gasteiger partial charge in [-0.15, -0.1) is 0 Å². The predicted molar refractivity (Wildman–Crippen MR) is 98.0 cm³/mol. The molecule has 0 spiro atoms. The molecule has 5 nitrogen and oxygen atoms in total. The van der Waals surface area contributed by atoms with Gasteiger partial charge in [0.25, 0.3) is 0 Å². The molecule has 0 amide bonds. The van der Waals surface area contributed by atoms with Gasteiger partial charge in [-0.1, -0.05) is 0 Å². The lowest BCUT2D eigenvalue weighted by Gasteiger charge is -2.09. The summed E-state index contributed by atoms with van der Waals surface area (Å²) >= 11 is 0. The van der Waals surface area contributed by atoms with Crippen molar-refractivity contribution < 1.29 is 19.0 Å². The quantitative estimate of drug-likeness (QED) is 0.847. The van der Waals surface area contributed by atoms with Crippen molar-refractivity contribution in [3.63, 3.8) is 0 Å². The van der Waals surface area contributed by atoms with E-state index in [1.54, 1.807) is 25.1 Å². The van der Waals surface area contributed by atoms with Gasteiger partial charge >= 0.3 is 5.97 Å². The van der Waals surface area contributed by atoms with Crippen LogP contribution in [-0.4, -0.2) is 28.5 Å². The van der Waals surface area contributed by atoms with E-state index in [9.17, 15) is 14.3 Å². The van der Waals surface area contributed by atoms with Crippen LogP contribution in [-0.2, 0) is 9.53 Å². The molecule has 26 heavy (non-hydrogen) atoms. The molecule has 0 saturated carbocycles. The molecule has 0 fully saturated rings. The maximum Gasteiger partial charge on any atom is 0.343 e. The van der Waals surface area contributed by atoms with Crippen molar-refractivity contribution >= 4 is 17.8 Å². The first-order valence-electron chi connectivity index (χ1n) is 8.07. The lowest BCUT2D eigenvalue weighted by Crippen LogP contribution is -2.11. The van der Waals surface area contributed by atoms with Crippen molar-refractivity contribution in [3.05, 3.63) is 70.1 Å². The van der Waals surface area contributed by atoms with E-state index in [0.717, 1.165) is 22.6 Å². The maximum absolute atomic E-state index is 13.2. The number of aliphatic imine (C=N–C) groups is 1. The topological polar surface area (TPSA) is 63.8 Å². The molecule has 1 aromatic heterocycles. The van der Waals surface area contributed by atoms with E-state index in [0.29, 0.717) is 11.4 Å². The molecule has 1 aliphatic heterocycles. The molecule has 2 aromatic rings. The second-order valence-electron chi connectivity index (χ2n) is 6.08. The zero-order valence-electron chi connectivity index (χ0n) is 15.0. The monoisotopic (exact) mass is 354 g/mol. The fraction of sp³-hybridized carbons (Fsp3) is 0.200. The van der Waals surface area contributed by atoms with Crippen LogP contribution in [0, 0.1) is 19.7 Å². The highest BCUT2D eigenvalue weighted by molar-refractivity contribution is 6.22. The second kappa shape index (κ2) is 6.63. The number of benzene rings is 1. The Bertz CT molecular complexity index is 979. The summed E-state index contributed by atoms with van der Waals surface area (Å²) in [6.07, 6.45) is 1.72. The van der Waals surface area contributed by atoms with Crippen LogP contribution in [0.25, 0.3) is 11.8 Å². The van der Waals surface area contributed by atoms with Gasteiger partial charge in [-0.05, 0) is 62.7 Å². The third kappa shape index (κ3) is 2.94. The maximum atomic E-state index is 13.2. The molecule has 0 bridgehead atoms. The Balaban J connectivity index is 2.06. The number of aliphatic hydroxyl groups is 1. The number of nitrogens with zero attached hydrogens (tertiary/aromatic N) is 2. The second-order valence-corrected chi connectivity index (χ2v) is 6.08. The average Bonchev–Trinajstić information content (AvgIpc) is 3.04. The lowest BCUT2D eigenvalue weighted by molar-refractivity contribution is -0.135. The van der Waals surface area contributed by atoms with Gasteiger partial charge in [0.1, 0.15) is 17.1 Å². The number of aliphatic hydroxyl groups excluding tert-OH is 1. The van der Waals surface area contributed by atoms with Crippen molar-refractivity contribution in [1.29, 1.82) is 0 Å². The normalized spacial score (nSPS) is 15.6. The average molecular weight is 354 g/mol. The van der Waals surface area contributed by atoms with E-state index < -0.39 is 5.97 Å². The van der Waals surface area contributed by atoms with E-state index in [4.69, 9.17) is 0 Å². The van der Waals surface area contributed by atoms with Crippen LogP contribution >= 0.6 is 0 Å². The first-order chi connectivity index (χ1) is 12.3. The lowest BCUT2D eigenvalue weighted by atomic mass is 10.1. The molecule has 1 aromatic carbocycles. The molecule has 0 unspecified atom stereocenters. The number of carbonyl (C=O) groups excluding carboxylic acids is 1. The van der Waals surface area contributed by atoms with Gasteiger partial charge in [0.05, 0.1) is 12.8 Å². The number of hydrogen-bond donors (Lipinski definition) is 1. The Morgan fingerprint density at radius 1 is 1.23 bits per heavy atom. The highest BCUT2D eigenvalue weighted by Gasteiger charge is 2.27. The molecule has 3 rings (SSSR count). The zero-order valence-corrected chi connectivity index (χ0v) is 15.0. The summed E-state index contributed by atoms with van der Waals surface area (Å²) in [4.78, 5) is 16.1. The van der Waals surface area contributed by atoms with Crippen LogP contribution in [0.3, 0.4) is 0 Å². The van der Waals surface area contributed by atoms with E-state index in [-0.39, 0.29) is 17.1 Å². The van der Waals surface area contributed by atoms with Crippen molar-refractivity contribution in [2.75, 3.05) is 7.11 Å². The van der Waals surface area contributed by atoms with Gasteiger partial charge in [-0.2, -0.15) is 0 Å². The Morgan fingerprint density at radius 2 is 1.88 bits per heavy atom. The number of hydrogen-bond acceptors (Lipinski definition) is 4. The first kappa shape index (κ1) is 17.7. The third-order valence-electron chi connectivity index (χ3n) is 4.37. The minimum atomic E-state index is -0.621. The minimum absolute atomic E-state index is 0.0751. The molecule has 0 aliphatic carbocycles. The minimum Gasteiger partial charge on any atom is -0.505 e. The van der Waals surface area contributed by atoms with Crippen LogP contribution in [0.5, 0.6) is 0 Å². The summed E-state index contributed by atoms with van der Waals surface area (Å²) < 4.78 is 19.9. The molecular formula is C20H19FN2O3. The molecule has 0 saturated heterocycles. The van der Waals surface area contributed by atoms with Gasteiger partial charge in [0.15, 0.2) is 5.76 Å². The van der Waals surface area contributed by atoms with E-state index >= 15 is 0 Å². The summed E-state index contributed by atoms with van der Waals surface area (Å²) in [5, 5.41) is 10.3. The molecular weight excluding hydrogens is 335 g/mol. The predicted octanol–water partition coefficient (Wildman–Crippen LogP) is 4.03. The van der Waals surface area contributed by atoms with Gasteiger partial charge in [-0.3, -0.25) is 0 Å². The smallest absolute Gasteiger partial charge is 0.343 e. The van der Waals surface area contributed by atoms with E-state index in [1.807, 2.05) is 24.5 Å². The number of methoxy groups -OCH3 is 1. The number of ether oxygens (including phenoxy) is 1.